The molecule has 1 N–H and O–H groups in total. The lowest BCUT2D eigenvalue weighted by molar-refractivity contribution is -0.129. The van der Waals surface area contributed by atoms with Crippen LogP contribution in [0.15, 0.2) is 30.3 Å². The first-order valence-electron chi connectivity index (χ1n) is 10.2. The molecule has 1 aliphatic heterocycles. The SMILES string of the molecule is COCC1(CN[C@@H]2C[C@H]2c2ccccc2)CCN(CCC(=O)N(C)C)CC1. The number of ether oxygens (including phenoxy) is 1. The minimum atomic E-state index is 0.214. The summed E-state index contributed by atoms with van der Waals surface area (Å²) in [5.41, 5.74) is 1.68. The largest absolute Gasteiger partial charge is 0.384 e. The predicted octanol–water partition coefficient (Wildman–Crippen LogP) is 2.34. The van der Waals surface area contributed by atoms with Crippen LogP contribution in [-0.4, -0.2) is 75.7 Å². The lowest BCUT2D eigenvalue weighted by Crippen LogP contribution is -2.48. The minimum Gasteiger partial charge on any atom is -0.384 e. The van der Waals surface area contributed by atoms with Crippen LogP contribution in [-0.2, 0) is 9.53 Å². The van der Waals surface area contributed by atoms with E-state index in [1.165, 1.54) is 12.0 Å². The summed E-state index contributed by atoms with van der Waals surface area (Å²) in [6.07, 6.45) is 4.12. The maximum atomic E-state index is 11.8. The molecule has 0 aromatic heterocycles. The number of nitrogens with one attached hydrogen (secondary N) is 1. The van der Waals surface area contributed by atoms with Crippen LogP contribution in [0, 0.1) is 5.41 Å². The molecule has 27 heavy (non-hydrogen) atoms. The Kier molecular flexibility index (Phi) is 6.90. The summed E-state index contributed by atoms with van der Waals surface area (Å²) in [4.78, 5) is 15.9. The molecule has 1 amide bonds. The average molecular weight is 374 g/mol. The first-order valence-corrected chi connectivity index (χ1v) is 10.2. The molecule has 5 heteroatoms. The lowest BCUT2D eigenvalue weighted by atomic mass is 9.78. The number of carbonyl (C=O) groups excluding carboxylic acids is 1. The van der Waals surface area contributed by atoms with Gasteiger partial charge in [0.05, 0.1) is 6.61 Å². The maximum Gasteiger partial charge on any atom is 0.223 e. The van der Waals surface area contributed by atoms with Crippen LogP contribution >= 0.6 is 0 Å². The highest BCUT2D eigenvalue weighted by Crippen LogP contribution is 2.41. The van der Waals surface area contributed by atoms with Crippen molar-refractivity contribution < 1.29 is 9.53 Å². The number of rotatable bonds is 9. The molecule has 0 radical (unpaired) electrons. The van der Waals surface area contributed by atoms with Gasteiger partial charge in [0.2, 0.25) is 5.91 Å². The van der Waals surface area contributed by atoms with Gasteiger partial charge < -0.3 is 19.9 Å². The molecule has 150 valence electrons. The van der Waals surface area contributed by atoms with Crippen LogP contribution in [0.25, 0.3) is 0 Å². The van der Waals surface area contributed by atoms with E-state index in [-0.39, 0.29) is 11.3 Å². The van der Waals surface area contributed by atoms with Gasteiger partial charge in [0.25, 0.3) is 0 Å². The van der Waals surface area contributed by atoms with E-state index in [0.29, 0.717) is 18.4 Å². The van der Waals surface area contributed by atoms with Crippen LogP contribution in [0.4, 0.5) is 0 Å². The Labute approximate surface area is 164 Å². The number of nitrogens with zero attached hydrogens (tertiary/aromatic N) is 2. The van der Waals surface area contributed by atoms with Crippen molar-refractivity contribution in [3.05, 3.63) is 35.9 Å². The van der Waals surface area contributed by atoms with Crippen LogP contribution in [0.1, 0.15) is 37.2 Å². The number of hydrogen-bond acceptors (Lipinski definition) is 4. The van der Waals surface area contributed by atoms with Gasteiger partial charge in [-0.25, -0.2) is 0 Å². The van der Waals surface area contributed by atoms with E-state index in [1.807, 2.05) is 21.2 Å². The second kappa shape index (κ2) is 9.18. The van der Waals surface area contributed by atoms with Gasteiger partial charge in [0, 0.05) is 58.1 Å². The van der Waals surface area contributed by atoms with Gasteiger partial charge in [-0.1, -0.05) is 30.3 Å². The summed E-state index contributed by atoms with van der Waals surface area (Å²) in [5, 5.41) is 3.82. The first-order chi connectivity index (χ1) is 13.0. The number of hydrogen-bond donors (Lipinski definition) is 1. The van der Waals surface area contributed by atoms with Crippen molar-refractivity contribution in [2.75, 3.05) is 54.0 Å². The number of likely N-dealkylation sites (tertiary alicyclic amines) is 1. The summed E-state index contributed by atoms with van der Waals surface area (Å²) in [7, 11) is 5.47. The fraction of sp³-hybridized carbons (Fsp3) is 0.682. The highest BCUT2D eigenvalue weighted by Gasteiger charge is 2.41. The Morgan fingerprint density at radius 3 is 2.59 bits per heavy atom. The molecule has 1 aromatic rings. The molecule has 1 heterocycles. The third-order valence-corrected chi connectivity index (χ3v) is 6.27. The van der Waals surface area contributed by atoms with E-state index in [4.69, 9.17) is 4.74 Å². The molecular weight excluding hydrogens is 338 g/mol. The molecule has 5 nitrogen and oxygen atoms in total. The van der Waals surface area contributed by atoms with Crippen LogP contribution < -0.4 is 5.32 Å². The molecule has 1 saturated heterocycles. The standard InChI is InChI=1S/C22H35N3O2/c1-24(2)21(26)9-12-25-13-10-22(11-14-25,17-27-3)16-23-20-15-19(20)18-7-5-4-6-8-18/h4-8,19-20,23H,9-17H2,1-3H3/t19-,20+/m0/s1. The van der Waals surface area contributed by atoms with E-state index in [2.05, 4.69) is 40.5 Å². The van der Waals surface area contributed by atoms with E-state index in [1.54, 1.807) is 4.90 Å². The zero-order chi connectivity index (χ0) is 19.3. The molecule has 0 bridgehead atoms. The molecule has 2 fully saturated rings. The smallest absolute Gasteiger partial charge is 0.223 e. The molecule has 0 unspecified atom stereocenters. The molecule has 1 aliphatic carbocycles. The fourth-order valence-corrected chi connectivity index (χ4v) is 4.24. The monoisotopic (exact) mass is 373 g/mol. The highest BCUT2D eigenvalue weighted by atomic mass is 16.5. The zero-order valence-electron chi connectivity index (χ0n) is 17.1. The summed E-state index contributed by atoms with van der Waals surface area (Å²) >= 11 is 0. The van der Waals surface area contributed by atoms with Crippen LogP contribution in [0.3, 0.4) is 0 Å². The van der Waals surface area contributed by atoms with Gasteiger partial charge >= 0.3 is 0 Å². The molecule has 2 aliphatic rings. The predicted molar refractivity (Wildman–Crippen MR) is 109 cm³/mol. The summed E-state index contributed by atoms with van der Waals surface area (Å²) in [6, 6.07) is 11.4. The molecule has 3 rings (SSSR count). The van der Waals surface area contributed by atoms with Gasteiger partial charge in [0.15, 0.2) is 0 Å². The van der Waals surface area contributed by atoms with Crippen LogP contribution in [0.2, 0.25) is 0 Å². The van der Waals surface area contributed by atoms with Crippen molar-refractivity contribution in [1.82, 2.24) is 15.1 Å². The molecular formula is C22H35N3O2. The third-order valence-electron chi connectivity index (χ3n) is 6.27. The van der Waals surface area contributed by atoms with Gasteiger partial charge in [-0.3, -0.25) is 4.79 Å². The fourth-order valence-electron chi connectivity index (χ4n) is 4.24. The Morgan fingerprint density at radius 1 is 1.26 bits per heavy atom. The molecule has 2 atom stereocenters. The normalized spacial score (nSPS) is 24.6. The van der Waals surface area contributed by atoms with Crippen molar-refractivity contribution >= 4 is 5.91 Å². The number of methoxy groups -OCH3 is 1. The zero-order valence-corrected chi connectivity index (χ0v) is 17.1. The van der Waals surface area contributed by atoms with E-state index >= 15 is 0 Å². The molecule has 1 saturated carbocycles. The lowest BCUT2D eigenvalue weighted by Gasteiger charge is -2.41. The highest BCUT2D eigenvalue weighted by molar-refractivity contribution is 5.75. The number of piperidine rings is 1. The minimum absolute atomic E-state index is 0.214. The summed E-state index contributed by atoms with van der Waals surface area (Å²) in [6.45, 7) is 4.82. The van der Waals surface area contributed by atoms with E-state index < -0.39 is 0 Å². The Bertz CT molecular complexity index is 597. The van der Waals surface area contributed by atoms with Gasteiger partial charge in [0.1, 0.15) is 0 Å². The van der Waals surface area contributed by atoms with Crippen molar-refractivity contribution in [3.8, 4) is 0 Å². The Morgan fingerprint density at radius 2 is 1.96 bits per heavy atom. The second-order valence-electron chi connectivity index (χ2n) is 8.55. The number of benzene rings is 1. The van der Waals surface area contributed by atoms with Crippen molar-refractivity contribution in [2.24, 2.45) is 5.41 Å². The van der Waals surface area contributed by atoms with Crippen molar-refractivity contribution in [1.29, 1.82) is 0 Å². The van der Waals surface area contributed by atoms with E-state index in [9.17, 15) is 4.79 Å². The molecule has 0 spiro atoms. The van der Waals surface area contributed by atoms with E-state index in [0.717, 1.165) is 45.6 Å². The first kappa shape index (κ1) is 20.3. The molecule has 1 aromatic carbocycles. The average Bonchev–Trinajstić information content (AvgIpc) is 3.46. The quantitative estimate of drug-likeness (QED) is 0.722. The summed E-state index contributed by atoms with van der Waals surface area (Å²) < 4.78 is 5.59. The van der Waals surface area contributed by atoms with Crippen molar-refractivity contribution in [3.63, 3.8) is 0 Å². The third kappa shape index (κ3) is 5.53. The number of carbonyl (C=O) groups is 1. The van der Waals surface area contributed by atoms with Crippen molar-refractivity contribution in [2.45, 2.75) is 37.6 Å². The van der Waals surface area contributed by atoms with Crippen LogP contribution in [0.5, 0.6) is 0 Å². The Balaban J connectivity index is 1.44. The topological polar surface area (TPSA) is 44.8 Å². The van der Waals surface area contributed by atoms with Gasteiger partial charge in [-0.15, -0.1) is 0 Å². The Hall–Kier alpha value is -1.43. The van der Waals surface area contributed by atoms with Gasteiger partial charge in [-0.2, -0.15) is 0 Å². The second-order valence-corrected chi connectivity index (χ2v) is 8.55. The maximum absolute atomic E-state index is 11.8. The number of amides is 1. The summed E-state index contributed by atoms with van der Waals surface area (Å²) in [5.74, 6) is 0.883. The van der Waals surface area contributed by atoms with Gasteiger partial charge in [-0.05, 0) is 37.9 Å².